The molecule has 0 spiro atoms. The first kappa shape index (κ1) is 21.2. The lowest BCUT2D eigenvalue weighted by atomic mass is 10.0. The molecule has 2 aromatic carbocycles. The van der Waals surface area contributed by atoms with E-state index in [0.29, 0.717) is 24.5 Å². The van der Waals surface area contributed by atoms with Crippen molar-refractivity contribution < 1.29 is 14.3 Å². The van der Waals surface area contributed by atoms with Crippen molar-refractivity contribution in [2.45, 2.75) is 51.8 Å². The number of amides is 1. The van der Waals surface area contributed by atoms with E-state index < -0.39 is 6.10 Å². The molecule has 1 fully saturated rings. The third-order valence-corrected chi connectivity index (χ3v) is 5.42. The van der Waals surface area contributed by atoms with Crippen LogP contribution in [0, 0.1) is 0 Å². The second kappa shape index (κ2) is 10.9. The Morgan fingerprint density at radius 1 is 1.00 bits per heavy atom. The molecule has 2 aromatic rings. The number of hydrogen-bond acceptors (Lipinski definition) is 4. The summed E-state index contributed by atoms with van der Waals surface area (Å²) in [7, 11) is 1.60. The Balaban J connectivity index is 1.60. The maximum atomic E-state index is 12.8. The summed E-state index contributed by atoms with van der Waals surface area (Å²) in [6.07, 6.45) is 3.91. The lowest BCUT2D eigenvalue weighted by Crippen LogP contribution is -2.38. The van der Waals surface area contributed by atoms with Gasteiger partial charge in [0.15, 0.2) is 17.6 Å². The van der Waals surface area contributed by atoms with E-state index in [1.54, 1.807) is 7.11 Å². The van der Waals surface area contributed by atoms with Crippen LogP contribution in [0.2, 0.25) is 0 Å². The largest absolute Gasteiger partial charge is 0.493 e. The van der Waals surface area contributed by atoms with Gasteiger partial charge in [-0.2, -0.15) is 0 Å². The van der Waals surface area contributed by atoms with Gasteiger partial charge in [-0.15, -0.1) is 0 Å². The maximum absolute atomic E-state index is 12.8. The van der Waals surface area contributed by atoms with Crippen LogP contribution in [-0.4, -0.2) is 37.1 Å². The van der Waals surface area contributed by atoms with E-state index in [-0.39, 0.29) is 5.91 Å². The zero-order valence-corrected chi connectivity index (χ0v) is 17.5. The summed E-state index contributed by atoms with van der Waals surface area (Å²) >= 11 is 0. The van der Waals surface area contributed by atoms with E-state index in [9.17, 15) is 4.79 Å². The van der Waals surface area contributed by atoms with Crippen LogP contribution in [0.1, 0.15) is 43.7 Å². The molecule has 29 heavy (non-hydrogen) atoms. The topological polar surface area (TPSA) is 50.8 Å². The van der Waals surface area contributed by atoms with Crippen molar-refractivity contribution in [3.8, 4) is 11.5 Å². The molecule has 1 aliphatic rings. The van der Waals surface area contributed by atoms with Crippen LogP contribution in [0.4, 0.5) is 0 Å². The summed E-state index contributed by atoms with van der Waals surface area (Å²) in [4.78, 5) is 15.3. The molecular formula is C24H32N2O3. The van der Waals surface area contributed by atoms with E-state index in [1.165, 1.54) is 30.4 Å². The Labute approximate surface area is 174 Å². The fourth-order valence-corrected chi connectivity index (χ4v) is 3.73. The van der Waals surface area contributed by atoms with Crippen LogP contribution in [0.3, 0.4) is 0 Å². The van der Waals surface area contributed by atoms with Gasteiger partial charge in [0.05, 0.1) is 7.11 Å². The second-order valence-electron chi connectivity index (χ2n) is 7.49. The first-order valence-electron chi connectivity index (χ1n) is 10.6. The van der Waals surface area contributed by atoms with Crippen molar-refractivity contribution in [3.05, 3.63) is 59.7 Å². The van der Waals surface area contributed by atoms with E-state index in [1.807, 2.05) is 37.3 Å². The van der Waals surface area contributed by atoms with Gasteiger partial charge in [0, 0.05) is 13.1 Å². The van der Waals surface area contributed by atoms with Crippen molar-refractivity contribution in [1.82, 2.24) is 10.2 Å². The van der Waals surface area contributed by atoms with Gasteiger partial charge in [-0.05, 0) is 55.6 Å². The molecule has 0 bridgehead atoms. The van der Waals surface area contributed by atoms with Crippen LogP contribution in [0.15, 0.2) is 48.5 Å². The molecule has 0 aliphatic carbocycles. The number of para-hydroxylation sites is 2. The van der Waals surface area contributed by atoms with Crippen molar-refractivity contribution >= 4 is 5.91 Å². The molecule has 1 amide bonds. The normalized spacial score (nSPS) is 15.5. The number of nitrogens with zero attached hydrogens (tertiary/aromatic N) is 1. The van der Waals surface area contributed by atoms with Gasteiger partial charge in [0.25, 0.3) is 5.91 Å². The molecule has 156 valence electrons. The third kappa shape index (κ3) is 5.97. The van der Waals surface area contributed by atoms with Crippen molar-refractivity contribution in [1.29, 1.82) is 0 Å². The molecule has 1 heterocycles. The minimum Gasteiger partial charge on any atom is -0.493 e. The lowest BCUT2D eigenvalue weighted by molar-refractivity contribution is -0.128. The number of rotatable bonds is 9. The van der Waals surface area contributed by atoms with E-state index in [0.717, 1.165) is 19.6 Å². The van der Waals surface area contributed by atoms with E-state index in [4.69, 9.17) is 9.47 Å². The Morgan fingerprint density at radius 3 is 2.34 bits per heavy atom. The number of methoxy groups -OCH3 is 1. The molecule has 0 aromatic heterocycles. The molecule has 3 rings (SSSR count). The molecule has 1 N–H and O–H groups in total. The predicted molar refractivity (Wildman–Crippen MR) is 115 cm³/mol. The minimum absolute atomic E-state index is 0.105. The molecule has 5 heteroatoms. The van der Waals surface area contributed by atoms with Gasteiger partial charge in [-0.3, -0.25) is 9.69 Å². The molecule has 1 aliphatic heterocycles. The van der Waals surface area contributed by atoms with Crippen LogP contribution in [-0.2, 0) is 17.9 Å². The Hall–Kier alpha value is -2.53. The highest BCUT2D eigenvalue weighted by atomic mass is 16.5. The number of piperidine rings is 1. The summed E-state index contributed by atoms with van der Waals surface area (Å²) in [5.41, 5.74) is 2.45. The molecule has 0 saturated carbocycles. The molecule has 0 unspecified atom stereocenters. The van der Waals surface area contributed by atoms with Gasteiger partial charge in [0.2, 0.25) is 0 Å². The zero-order chi connectivity index (χ0) is 20.5. The summed E-state index contributed by atoms with van der Waals surface area (Å²) in [5.74, 6) is 1.11. The number of benzene rings is 2. The first-order valence-corrected chi connectivity index (χ1v) is 10.6. The van der Waals surface area contributed by atoms with Gasteiger partial charge < -0.3 is 14.8 Å². The second-order valence-corrected chi connectivity index (χ2v) is 7.49. The zero-order valence-electron chi connectivity index (χ0n) is 17.5. The van der Waals surface area contributed by atoms with E-state index in [2.05, 4.69) is 28.4 Å². The average Bonchev–Trinajstić information content (AvgIpc) is 2.77. The maximum Gasteiger partial charge on any atom is 0.261 e. The monoisotopic (exact) mass is 396 g/mol. The quantitative estimate of drug-likeness (QED) is 0.692. The fourth-order valence-electron chi connectivity index (χ4n) is 3.73. The summed E-state index contributed by atoms with van der Waals surface area (Å²) < 4.78 is 11.3. The van der Waals surface area contributed by atoms with Crippen molar-refractivity contribution in [2.75, 3.05) is 20.2 Å². The Bertz CT molecular complexity index is 787. The molecular weight excluding hydrogens is 364 g/mol. The number of likely N-dealkylation sites (tertiary alicyclic amines) is 1. The van der Waals surface area contributed by atoms with Crippen molar-refractivity contribution in [2.24, 2.45) is 0 Å². The summed E-state index contributed by atoms with van der Waals surface area (Å²) in [5, 5.41) is 3.06. The number of carbonyl (C=O) groups excluding carboxylic acids is 1. The lowest BCUT2D eigenvalue weighted by Gasteiger charge is -2.27. The molecule has 1 atom stereocenters. The smallest absolute Gasteiger partial charge is 0.261 e. The molecule has 5 nitrogen and oxygen atoms in total. The first-order chi connectivity index (χ1) is 14.2. The van der Waals surface area contributed by atoms with Crippen LogP contribution < -0.4 is 14.8 Å². The van der Waals surface area contributed by atoms with Crippen molar-refractivity contribution in [3.63, 3.8) is 0 Å². The van der Waals surface area contributed by atoms with Crippen LogP contribution in [0.25, 0.3) is 0 Å². The Kier molecular flexibility index (Phi) is 7.94. The highest BCUT2D eigenvalue weighted by molar-refractivity contribution is 5.81. The van der Waals surface area contributed by atoms with E-state index >= 15 is 0 Å². The highest BCUT2D eigenvalue weighted by Crippen LogP contribution is 2.27. The summed E-state index contributed by atoms with van der Waals surface area (Å²) in [6, 6.07) is 15.8. The van der Waals surface area contributed by atoms with Gasteiger partial charge in [-0.1, -0.05) is 49.7 Å². The molecule has 1 saturated heterocycles. The van der Waals surface area contributed by atoms with Gasteiger partial charge >= 0.3 is 0 Å². The number of ether oxygens (including phenoxy) is 2. The molecule has 0 radical (unpaired) electrons. The standard InChI is InChI=1S/C24H32N2O3/c1-3-21(29-23-14-8-7-13-22(23)28-2)24(27)25-17-19-11-5-6-12-20(19)18-26-15-9-4-10-16-26/h5-8,11-14,21H,3-4,9-10,15-18H2,1-2H3,(H,25,27)/t21-/m1/s1. The SMILES string of the molecule is CC[C@@H](Oc1ccccc1OC)C(=O)NCc1ccccc1CN1CCCCC1. The van der Waals surface area contributed by atoms with Gasteiger partial charge in [0.1, 0.15) is 0 Å². The number of nitrogens with one attached hydrogen (secondary N) is 1. The van der Waals surface area contributed by atoms with Gasteiger partial charge in [-0.25, -0.2) is 0 Å². The number of hydrogen-bond donors (Lipinski definition) is 1. The predicted octanol–water partition coefficient (Wildman–Crippen LogP) is 4.15. The fraction of sp³-hybridized carbons (Fsp3) is 0.458. The summed E-state index contributed by atoms with van der Waals surface area (Å²) in [6.45, 7) is 5.72. The minimum atomic E-state index is -0.555. The average molecular weight is 397 g/mol. The van der Waals surface area contributed by atoms with Crippen LogP contribution >= 0.6 is 0 Å². The number of carbonyl (C=O) groups is 1. The van der Waals surface area contributed by atoms with Crippen LogP contribution in [0.5, 0.6) is 11.5 Å². The highest BCUT2D eigenvalue weighted by Gasteiger charge is 2.20. The Morgan fingerprint density at radius 2 is 1.66 bits per heavy atom. The third-order valence-electron chi connectivity index (χ3n) is 5.42.